The molecule has 0 bridgehead atoms. The summed E-state index contributed by atoms with van der Waals surface area (Å²) in [6.07, 6.45) is 7.50. The van der Waals surface area contributed by atoms with Gasteiger partial charge in [0, 0.05) is 25.4 Å². The van der Waals surface area contributed by atoms with Crippen molar-refractivity contribution >= 4 is 28.9 Å². The number of nitrogens with one attached hydrogen (secondary N) is 3. The molecule has 0 fully saturated rings. The maximum absolute atomic E-state index is 11.9. The van der Waals surface area contributed by atoms with Crippen LogP contribution in [0.5, 0.6) is 0 Å². The molecule has 0 atom stereocenters. The molecule has 2 aromatic heterocycles. The lowest BCUT2D eigenvalue weighted by atomic mass is 10.1. The Bertz CT molecular complexity index is 963. The number of hydrogen-bond donors (Lipinski definition) is 3. The summed E-state index contributed by atoms with van der Waals surface area (Å²) in [5, 5.41) is 11.8. The van der Waals surface area contributed by atoms with Gasteiger partial charge in [-0.05, 0) is 42.8 Å². The molecule has 0 aliphatic rings. The number of amides is 1. The van der Waals surface area contributed by atoms with Crippen molar-refractivity contribution in [1.82, 2.24) is 30.4 Å². The first-order valence-electron chi connectivity index (χ1n) is 8.91. The fraction of sp³-hybridized carbons (Fsp3) is 0.263. The molecule has 9 heteroatoms. The van der Waals surface area contributed by atoms with Crippen LogP contribution in [0.1, 0.15) is 23.1 Å². The van der Waals surface area contributed by atoms with Gasteiger partial charge in [-0.3, -0.25) is 25.0 Å². The minimum absolute atomic E-state index is 0.174. The molecule has 1 amide bonds. The van der Waals surface area contributed by atoms with Gasteiger partial charge in [0.15, 0.2) is 5.11 Å². The molecule has 1 aromatic carbocycles. The van der Waals surface area contributed by atoms with E-state index in [1.165, 1.54) is 11.1 Å². The van der Waals surface area contributed by atoms with Gasteiger partial charge in [-0.2, -0.15) is 10.2 Å². The van der Waals surface area contributed by atoms with Crippen LogP contribution in [0, 0.1) is 13.8 Å². The van der Waals surface area contributed by atoms with Crippen LogP contribution < -0.4 is 16.2 Å². The standard InChI is InChI=1S/C19H23N7OS/c1-14-9-20-25(11-14)8-7-18(27)23-24-19(28)22-17-10-21-26(13-17)12-16-6-4-3-5-15(16)2/h3-6,9-11,13H,7-8,12H2,1-2H3,(H,23,27)(H2,22,24,28). The number of carbonyl (C=O) groups excluding carboxylic acids is 1. The van der Waals surface area contributed by atoms with Crippen molar-refractivity contribution in [3.05, 3.63) is 65.7 Å². The second-order valence-corrected chi connectivity index (χ2v) is 6.92. The van der Waals surface area contributed by atoms with Gasteiger partial charge in [0.25, 0.3) is 0 Å². The third kappa shape index (κ3) is 5.65. The highest BCUT2D eigenvalue weighted by Crippen LogP contribution is 2.11. The molecule has 0 aliphatic heterocycles. The number of benzene rings is 1. The molecule has 2 heterocycles. The van der Waals surface area contributed by atoms with Crippen LogP contribution in [0.4, 0.5) is 5.69 Å². The Morgan fingerprint density at radius 2 is 1.86 bits per heavy atom. The van der Waals surface area contributed by atoms with Gasteiger partial charge in [0.05, 0.1) is 24.6 Å². The topological polar surface area (TPSA) is 88.8 Å². The first-order chi connectivity index (χ1) is 13.5. The van der Waals surface area contributed by atoms with Gasteiger partial charge in [0.2, 0.25) is 5.91 Å². The number of thiocarbonyl (C=S) groups is 1. The molecule has 3 N–H and O–H groups in total. The molecule has 0 saturated heterocycles. The van der Waals surface area contributed by atoms with Crippen LogP contribution >= 0.6 is 12.2 Å². The molecule has 3 rings (SSSR count). The highest BCUT2D eigenvalue weighted by molar-refractivity contribution is 7.80. The highest BCUT2D eigenvalue weighted by Gasteiger charge is 2.06. The summed E-state index contributed by atoms with van der Waals surface area (Å²) in [4.78, 5) is 11.9. The van der Waals surface area contributed by atoms with E-state index in [-0.39, 0.29) is 5.91 Å². The van der Waals surface area contributed by atoms with Crippen LogP contribution in [-0.2, 0) is 17.9 Å². The predicted octanol–water partition coefficient (Wildman–Crippen LogP) is 2.15. The zero-order chi connectivity index (χ0) is 19.9. The lowest BCUT2D eigenvalue weighted by Crippen LogP contribution is -2.43. The summed E-state index contributed by atoms with van der Waals surface area (Å²) < 4.78 is 3.56. The van der Waals surface area contributed by atoms with E-state index in [1.54, 1.807) is 17.1 Å². The number of aromatic nitrogens is 4. The molecule has 28 heavy (non-hydrogen) atoms. The molecular weight excluding hydrogens is 374 g/mol. The van der Waals surface area contributed by atoms with Crippen molar-refractivity contribution in [2.75, 3.05) is 5.32 Å². The molecule has 0 radical (unpaired) electrons. The number of hydrazine groups is 1. The van der Waals surface area contributed by atoms with Crippen molar-refractivity contribution in [2.24, 2.45) is 0 Å². The fourth-order valence-electron chi connectivity index (χ4n) is 2.63. The van der Waals surface area contributed by atoms with Crippen molar-refractivity contribution < 1.29 is 4.79 Å². The minimum atomic E-state index is -0.174. The lowest BCUT2D eigenvalue weighted by molar-refractivity contribution is -0.121. The Morgan fingerprint density at radius 3 is 2.61 bits per heavy atom. The third-order valence-electron chi connectivity index (χ3n) is 4.13. The Labute approximate surface area is 168 Å². The molecule has 0 spiro atoms. The average Bonchev–Trinajstić information content (AvgIpc) is 3.29. The van der Waals surface area contributed by atoms with E-state index in [1.807, 2.05) is 36.1 Å². The quantitative estimate of drug-likeness (QED) is 0.436. The van der Waals surface area contributed by atoms with E-state index >= 15 is 0 Å². The van der Waals surface area contributed by atoms with Gasteiger partial charge in [-0.25, -0.2) is 0 Å². The molecular formula is C19H23N7OS. The van der Waals surface area contributed by atoms with E-state index in [9.17, 15) is 4.79 Å². The molecule has 146 valence electrons. The van der Waals surface area contributed by atoms with Gasteiger partial charge in [-0.1, -0.05) is 24.3 Å². The smallest absolute Gasteiger partial charge is 0.240 e. The summed E-state index contributed by atoms with van der Waals surface area (Å²) in [7, 11) is 0. The zero-order valence-corrected chi connectivity index (χ0v) is 16.7. The normalized spacial score (nSPS) is 10.5. The van der Waals surface area contributed by atoms with Crippen molar-refractivity contribution in [2.45, 2.75) is 33.4 Å². The Balaban J connectivity index is 1.41. The van der Waals surface area contributed by atoms with Crippen LogP contribution in [0.25, 0.3) is 0 Å². The minimum Gasteiger partial charge on any atom is -0.329 e. The van der Waals surface area contributed by atoms with Crippen molar-refractivity contribution in [3.63, 3.8) is 0 Å². The Morgan fingerprint density at radius 1 is 1.07 bits per heavy atom. The summed E-state index contributed by atoms with van der Waals surface area (Å²) >= 11 is 5.20. The van der Waals surface area contributed by atoms with Gasteiger partial charge < -0.3 is 5.32 Å². The summed E-state index contributed by atoms with van der Waals surface area (Å²) in [6, 6.07) is 8.19. The van der Waals surface area contributed by atoms with Crippen LogP contribution in [0.2, 0.25) is 0 Å². The molecule has 3 aromatic rings. The molecule has 8 nitrogen and oxygen atoms in total. The van der Waals surface area contributed by atoms with Crippen molar-refractivity contribution in [1.29, 1.82) is 0 Å². The molecule has 0 saturated carbocycles. The predicted molar refractivity (Wildman–Crippen MR) is 112 cm³/mol. The molecule has 0 aliphatic carbocycles. The summed E-state index contributed by atoms with van der Waals surface area (Å²) in [6.45, 7) is 5.22. The first kappa shape index (κ1) is 19.6. The van der Waals surface area contributed by atoms with E-state index in [2.05, 4.69) is 45.4 Å². The second kappa shape index (κ2) is 9.14. The second-order valence-electron chi connectivity index (χ2n) is 6.51. The first-order valence-corrected chi connectivity index (χ1v) is 9.32. The van der Waals surface area contributed by atoms with Crippen LogP contribution in [-0.4, -0.2) is 30.6 Å². The highest BCUT2D eigenvalue weighted by atomic mass is 32.1. The number of carbonyl (C=O) groups is 1. The summed E-state index contributed by atoms with van der Waals surface area (Å²) in [5.74, 6) is -0.174. The van der Waals surface area contributed by atoms with Crippen LogP contribution in [0.3, 0.4) is 0 Å². The monoisotopic (exact) mass is 397 g/mol. The van der Waals surface area contributed by atoms with Gasteiger partial charge >= 0.3 is 0 Å². The molecule has 0 unspecified atom stereocenters. The van der Waals surface area contributed by atoms with E-state index in [0.717, 1.165) is 11.3 Å². The number of hydrogen-bond acceptors (Lipinski definition) is 4. The average molecular weight is 398 g/mol. The zero-order valence-electron chi connectivity index (χ0n) is 15.8. The fourth-order valence-corrected chi connectivity index (χ4v) is 2.80. The van der Waals surface area contributed by atoms with E-state index < -0.39 is 0 Å². The number of aryl methyl sites for hydroxylation is 3. The van der Waals surface area contributed by atoms with Gasteiger partial charge in [-0.15, -0.1) is 0 Å². The number of anilines is 1. The third-order valence-corrected chi connectivity index (χ3v) is 4.33. The van der Waals surface area contributed by atoms with Gasteiger partial charge in [0.1, 0.15) is 0 Å². The van der Waals surface area contributed by atoms with Crippen LogP contribution in [0.15, 0.2) is 49.1 Å². The maximum Gasteiger partial charge on any atom is 0.240 e. The largest absolute Gasteiger partial charge is 0.329 e. The van der Waals surface area contributed by atoms with E-state index in [0.29, 0.717) is 24.6 Å². The lowest BCUT2D eigenvalue weighted by Gasteiger charge is -2.10. The Hall–Kier alpha value is -3.20. The SMILES string of the molecule is Cc1cnn(CCC(=O)NNC(=S)Nc2cnn(Cc3ccccc3C)c2)c1. The van der Waals surface area contributed by atoms with E-state index in [4.69, 9.17) is 12.2 Å². The Kier molecular flexibility index (Phi) is 6.38. The van der Waals surface area contributed by atoms with Crippen molar-refractivity contribution in [3.8, 4) is 0 Å². The summed E-state index contributed by atoms with van der Waals surface area (Å²) in [5.41, 5.74) is 9.50. The number of nitrogens with zero attached hydrogens (tertiary/aromatic N) is 4. The number of rotatable bonds is 6. The maximum atomic E-state index is 11.9.